The molecule has 23 heavy (non-hydrogen) atoms. The maximum atomic E-state index is 4.46. The average molecular weight is 349 g/mol. The average Bonchev–Trinajstić information content (AvgIpc) is 3.21. The summed E-state index contributed by atoms with van der Waals surface area (Å²) in [7, 11) is 0. The van der Waals surface area contributed by atoms with Crippen LogP contribution in [0.4, 0.5) is 5.95 Å². The molecular weight excluding hydrogens is 328 g/mol. The number of nitrogens with one attached hydrogen (secondary N) is 2. The van der Waals surface area contributed by atoms with Gasteiger partial charge in [0.25, 0.3) is 0 Å². The first-order valence-corrected chi connectivity index (χ1v) is 10.1. The summed E-state index contributed by atoms with van der Waals surface area (Å²) in [6, 6.07) is 0. The van der Waals surface area contributed by atoms with E-state index < -0.39 is 0 Å². The van der Waals surface area contributed by atoms with E-state index in [9.17, 15) is 0 Å². The van der Waals surface area contributed by atoms with Crippen LogP contribution in [0.3, 0.4) is 0 Å². The van der Waals surface area contributed by atoms with Crippen molar-refractivity contribution in [2.75, 3.05) is 17.4 Å². The maximum absolute atomic E-state index is 4.46. The number of hydrazine groups is 1. The Hall–Kier alpha value is -1.09. The van der Waals surface area contributed by atoms with Gasteiger partial charge in [-0.3, -0.25) is 10.3 Å². The van der Waals surface area contributed by atoms with E-state index in [-0.39, 0.29) is 6.17 Å². The standard InChI is InChI=1S/C15H20N6S2/c1-3-22-15-19-18-14-20(15)13-11(12-16-7-17-21(12)14)9-5-4-8(2)6-10(9)23-13/h8,12,16-17H,3-7H2,1-2H3/t8-,12?/m0/s1. The number of thioether (sulfide) groups is 1. The molecule has 1 fully saturated rings. The van der Waals surface area contributed by atoms with Crippen LogP contribution in [0.25, 0.3) is 5.00 Å². The maximum Gasteiger partial charge on any atom is 0.249 e. The number of aromatic nitrogens is 3. The number of thiophene rings is 1. The highest BCUT2D eigenvalue weighted by Crippen LogP contribution is 2.48. The zero-order valence-corrected chi connectivity index (χ0v) is 14.9. The minimum absolute atomic E-state index is 0.189. The number of fused-ring (bicyclic) bond motifs is 8. The molecule has 1 unspecified atom stereocenters. The highest BCUT2D eigenvalue weighted by molar-refractivity contribution is 7.99. The lowest BCUT2D eigenvalue weighted by molar-refractivity contribution is 0.499. The van der Waals surface area contributed by atoms with Crippen LogP contribution < -0.4 is 15.8 Å². The first-order valence-electron chi connectivity index (χ1n) is 8.27. The second-order valence-corrected chi connectivity index (χ2v) is 8.75. The molecule has 4 heterocycles. The van der Waals surface area contributed by atoms with Crippen LogP contribution in [0.5, 0.6) is 0 Å². The molecule has 2 aromatic heterocycles. The molecule has 1 aliphatic carbocycles. The molecule has 122 valence electrons. The van der Waals surface area contributed by atoms with Crippen LogP contribution in [0, 0.1) is 5.92 Å². The van der Waals surface area contributed by atoms with E-state index in [1.807, 2.05) is 11.3 Å². The third kappa shape index (κ3) is 1.95. The smallest absolute Gasteiger partial charge is 0.249 e. The van der Waals surface area contributed by atoms with Crippen LogP contribution in [-0.4, -0.2) is 27.2 Å². The van der Waals surface area contributed by atoms with Gasteiger partial charge >= 0.3 is 0 Å². The van der Waals surface area contributed by atoms with E-state index in [0.717, 1.165) is 29.4 Å². The van der Waals surface area contributed by atoms with E-state index >= 15 is 0 Å². The molecule has 2 atom stereocenters. The van der Waals surface area contributed by atoms with Gasteiger partial charge in [-0.2, -0.15) is 0 Å². The van der Waals surface area contributed by atoms with Gasteiger partial charge in [-0.15, -0.1) is 21.5 Å². The molecule has 0 aromatic carbocycles. The fraction of sp³-hybridized carbons (Fsp3) is 0.600. The summed E-state index contributed by atoms with van der Waals surface area (Å²) in [6.45, 7) is 5.30. The second-order valence-electron chi connectivity index (χ2n) is 6.43. The molecule has 2 N–H and O–H groups in total. The Balaban J connectivity index is 1.74. The SMILES string of the molecule is CCSc1nnc2n1-c1sc3c(c1C1NCNN21)CC[C@H](C)C3. The number of hydrogen-bond acceptors (Lipinski definition) is 7. The van der Waals surface area contributed by atoms with Crippen molar-refractivity contribution in [3.05, 3.63) is 16.0 Å². The van der Waals surface area contributed by atoms with Gasteiger partial charge in [0.15, 0.2) is 5.16 Å². The summed E-state index contributed by atoms with van der Waals surface area (Å²) in [5.41, 5.74) is 6.43. The molecule has 3 aliphatic rings. The molecule has 2 aliphatic heterocycles. The zero-order chi connectivity index (χ0) is 15.6. The number of anilines is 1. The first kappa shape index (κ1) is 14.3. The van der Waals surface area contributed by atoms with E-state index in [4.69, 9.17) is 0 Å². The second kappa shape index (κ2) is 5.20. The van der Waals surface area contributed by atoms with Crippen molar-refractivity contribution in [1.29, 1.82) is 0 Å². The summed E-state index contributed by atoms with van der Waals surface area (Å²) < 4.78 is 2.26. The predicted octanol–water partition coefficient (Wildman–Crippen LogP) is 2.45. The highest BCUT2D eigenvalue weighted by Gasteiger charge is 2.41. The van der Waals surface area contributed by atoms with Crippen LogP contribution in [-0.2, 0) is 12.8 Å². The predicted molar refractivity (Wildman–Crippen MR) is 93.2 cm³/mol. The first-order chi connectivity index (χ1) is 11.3. The minimum atomic E-state index is 0.189. The number of hydrogen-bond donors (Lipinski definition) is 2. The van der Waals surface area contributed by atoms with Gasteiger partial charge in [-0.25, -0.2) is 9.99 Å². The van der Waals surface area contributed by atoms with Crippen molar-refractivity contribution in [2.45, 2.75) is 44.4 Å². The van der Waals surface area contributed by atoms with Gasteiger partial charge in [-0.05, 0) is 36.5 Å². The van der Waals surface area contributed by atoms with Crippen LogP contribution >= 0.6 is 23.1 Å². The fourth-order valence-corrected chi connectivity index (χ4v) is 6.11. The van der Waals surface area contributed by atoms with Crippen LogP contribution in [0.15, 0.2) is 5.16 Å². The van der Waals surface area contributed by atoms with Gasteiger partial charge in [0, 0.05) is 10.4 Å². The number of nitrogens with zero attached hydrogens (tertiary/aromatic N) is 4. The molecule has 1 saturated heterocycles. The molecule has 0 radical (unpaired) electrons. The largest absolute Gasteiger partial charge is 0.278 e. The Morgan fingerprint density at radius 1 is 1.39 bits per heavy atom. The van der Waals surface area contributed by atoms with Crippen molar-refractivity contribution in [1.82, 2.24) is 25.5 Å². The molecule has 0 saturated carbocycles. The Kier molecular flexibility index (Phi) is 3.23. The van der Waals surface area contributed by atoms with Crippen molar-refractivity contribution < 1.29 is 0 Å². The van der Waals surface area contributed by atoms with Gasteiger partial charge in [-0.1, -0.05) is 25.6 Å². The summed E-state index contributed by atoms with van der Waals surface area (Å²) in [4.78, 5) is 1.57. The minimum Gasteiger partial charge on any atom is -0.278 e. The lowest BCUT2D eigenvalue weighted by Gasteiger charge is -2.31. The monoisotopic (exact) mass is 348 g/mol. The van der Waals surface area contributed by atoms with Crippen LogP contribution in [0.1, 0.15) is 42.4 Å². The summed E-state index contributed by atoms with van der Waals surface area (Å²) in [5, 5.41) is 17.0. The van der Waals surface area contributed by atoms with E-state index in [2.05, 4.69) is 44.4 Å². The Morgan fingerprint density at radius 2 is 2.30 bits per heavy atom. The molecule has 5 rings (SSSR count). The Labute approximate surface area is 143 Å². The third-order valence-corrected chi connectivity index (χ3v) is 6.98. The van der Waals surface area contributed by atoms with E-state index in [1.165, 1.54) is 29.8 Å². The fourth-order valence-electron chi connectivity index (χ4n) is 3.85. The van der Waals surface area contributed by atoms with Gasteiger partial charge in [0.05, 0.1) is 6.67 Å². The third-order valence-electron chi connectivity index (χ3n) is 4.92. The molecule has 6 nitrogen and oxygen atoms in total. The lowest BCUT2D eigenvalue weighted by atomic mass is 9.87. The van der Waals surface area contributed by atoms with Crippen molar-refractivity contribution in [2.24, 2.45) is 5.92 Å². The summed E-state index contributed by atoms with van der Waals surface area (Å²) >= 11 is 3.71. The van der Waals surface area contributed by atoms with Gasteiger partial charge < -0.3 is 0 Å². The van der Waals surface area contributed by atoms with Crippen molar-refractivity contribution in [3.8, 4) is 5.00 Å². The zero-order valence-electron chi connectivity index (χ0n) is 13.3. The molecular formula is C15H20N6S2. The molecule has 0 amide bonds. The van der Waals surface area contributed by atoms with Crippen molar-refractivity contribution >= 4 is 29.0 Å². The van der Waals surface area contributed by atoms with Gasteiger partial charge in [0.2, 0.25) is 5.95 Å². The quantitative estimate of drug-likeness (QED) is 0.813. The summed E-state index contributed by atoms with van der Waals surface area (Å²) in [6.07, 6.45) is 3.89. The highest BCUT2D eigenvalue weighted by atomic mass is 32.2. The topological polar surface area (TPSA) is 58.0 Å². The Morgan fingerprint density at radius 3 is 3.17 bits per heavy atom. The normalized spacial score (nSPS) is 25.0. The van der Waals surface area contributed by atoms with Crippen molar-refractivity contribution in [3.63, 3.8) is 0 Å². The molecule has 0 bridgehead atoms. The Bertz CT molecular complexity index is 766. The molecule has 2 aromatic rings. The summed E-state index contributed by atoms with van der Waals surface area (Å²) in [5.74, 6) is 2.71. The van der Waals surface area contributed by atoms with E-state index in [0.29, 0.717) is 0 Å². The van der Waals surface area contributed by atoms with Gasteiger partial charge in [0.1, 0.15) is 11.2 Å². The van der Waals surface area contributed by atoms with E-state index in [1.54, 1.807) is 22.2 Å². The van der Waals surface area contributed by atoms with Crippen LogP contribution in [0.2, 0.25) is 0 Å². The molecule has 0 spiro atoms. The lowest BCUT2D eigenvalue weighted by Crippen LogP contribution is -2.39. The number of rotatable bonds is 2. The molecule has 8 heteroatoms.